The van der Waals surface area contributed by atoms with Crippen molar-refractivity contribution >= 4 is 17.0 Å². The Kier molecular flexibility index (Phi) is 3.03. The molecule has 3 heterocycles. The second kappa shape index (κ2) is 4.71. The number of hydrogen-bond acceptors (Lipinski definition) is 7. The molecule has 2 aromatic rings. The molecule has 1 aliphatic heterocycles. The Labute approximate surface area is 110 Å². The number of aryl methyl sites for hydroxylation is 1. The average molecular weight is 263 g/mol. The molecule has 8 heteroatoms. The highest BCUT2D eigenvalue weighted by atomic mass is 16.5. The number of fused-ring (bicyclic) bond motifs is 1. The van der Waals surface area contributed by atoms with Crippen LogP contribution < -0.4 is 5.73 Å². The molecule has 0 bridgehead atoms. The third-order valence-electron chi connectivity index (χ3n) is 3.22. The summed E-state index contributed by atoms with van der Waals surface area (Å²) in [4.78, 5) is 10.7. The minimum atomic E-state index is 0.0974. The van der Waals surface area contributed by atoms with E-state index in [1.54, 1.807) is 11.6 Å². The maximum atomic E-state index is 5.82. The topological polar surface area (TPSA) is 95.0 Å². The number of rotatable bonds is 2. The molecule has 0 aliphatic carbocycles. The number of morpholine rings is 1. The predicted octanol–water partition coefficient (Wildman–Crippen LogP) is -0.557. The molecule has 0 saturated carbocycles. The van der Waals surface area contributed by atoms with Crippen molar-refractivity contribution in [2.45, 2.75) is 19.6 Å². The molecular formula is C11H17N7O. The third-order valence-corrected chi connectivity index (χ3v) is 3.22. The summed E-state index contributed by atoms with van der Waals surface area (Å²) in [5, 5.41) is 8.14. The highest BCUT2D eigenvalue weighted by Crippen LogP contribution is 2.15. The Bertz CT molecular complexity index is 596. The minimum Gasteiger partial charge on any atom is -0.382 e. The number of nitrogen functional groups attached to an aromatic ring is 1. The van der Waals surface area contributed by atoms with E-state index in [1.165, 1.54) is 0 Å². The van der Waals surface area contributed by atoms with Gasteiger partial charge in [0.05, 0.1) is 19.3 Å². The first-order valence-electron chi connectivity index (χ1n) is 6.27. The lowest BCUT2D eigenvalue weighted by atomic mass is 10.3. The lowest BCUT2D eigenvalue weighted by Crippen LogP contribution is -2.42. The van der Waals surface area contributed by atoms with Crippen LogP contribution in [0.1, 0.15) is 5.82 Å². The van der Waals surface area contributed by atoms with Gasteiger partial charge in [-0.15, -0.1) is 5.10 Å². The van der Waals surface area contributed by atoms with Crippen LogP contribution in [0.3, 0.4) is 0 Å². The van der Waals surface area contributed by atoms with E-state index >= 15 is 0 Å². The summed E-state index contributed by atoms with van der Waals surface area (Å²) in [7, 11) is 2.08. The number of nitrogens with zero attached hydrogens (tertiary/aromatic N) is 6. The molecule has 8 nitrogen and oxygen atoms in total. The standard InChI is InChI=1S/C11H17N7O/c1-7-13-10(12)9-11(14-7)18(16-15-9)6-8-5-17(2)3-4-19-8/h8H,3-6H2,1-2H3,(H2,12,13,14)/t8-/m1/s1. The van der Waals surface area contributed by atoms with Crippen molar-refractivity contribution in [1.82, 2.24) is 29.9 Å². The lowest BCUT2D eigenvalue weighted by molar-refractivity contribution is -0.0287. The number of nitrogens with two attached hydrogens (primary N) is 1. The zero-order chi connectivity index (χ0) is 13.4. The van der Waals surface area contributed by atoms with Crippen LogP contribution in [0.25, 0.3) is 11.2 Å². The largest absolute Gasteiger partial charge is 0.382 e. The first kappa shape index (κ1) is 12.2. The summed E-state index contributed by atoms with van der Waals surface area (Å²) in [5.74, 6) is 0.991. The van der Waals surface area contributed by atoms with Crippen LogP contribution in [-0.2, 0) is 11.3 Å². The second-order valence-electron chi connectivity index (χ2n) is 4.85. The Balaban J connectivity index is 1.88. The van der Waals surface area contributed by atoms with Gasteiger partial charge in [-0.1, -0.05) is 5.21 Å². The molecular weight excluding hydrogens is 246 g/mol. The third kappa shape index (κ3) is 2.36. The second-order valence-corrected chi connectivity index (χ2v) is 4.85. The van der Waals surface area contributed by atoms with Gasteiger partial charge in [-0.2, -0.15) is 0 Å². The summed E-state index contributed by atoms with van der Waals surface area (Å²) in [6, 6.07) is 0. The monoisotopic (exact) mass is 263 g/mol. The Morgan fingerprint density at radius 3 is 3.05 bits per heavy atom. The van der Waals surface area contributed by atoms with Crippen LogP contribution in [0.2, 0.25) is 0 Å². The van der Waals surface area contributed by atoms with Crippen molar-refractivity contribution in [2.75, 3.05) is 32.5 Å². The van der Waals surface area contributed by atoms with Crippen LogP contribution in [0.15, 0.2) is 0 Å². The normalized spacial score (nSPS) is 21.1. The van der Waals surface area contributed by atoms with Gasteiger partial charge in [0.1, 0.15) is 5.82 Å². The highest BCUT2D eigenvalue weighted by molar-refractivity contribution is 5.80. The number of ether oxygens (including phenoxy) is 1. The Morgan fingerprint density at radius 2 is 2.26 bits per heavy atom. The molecule has 19 heavy (non-hydrogen) atoms. The number of hydrogen-bond donors (Lipinski definition) is 1. The minimum absolute atomic E-state index is 0.0974. The van der Waals surface area contributed by atoms with E-state index in [2.05, 4.69) is 32.2 Å². The van der Waals surface area contributed by atoms with E-state index in [9.17, 15) is 0 Å². The summed E-state index contributed by atoms with van der Waals surface area (Å²) in [6.45, 7) is 5.00. The van der Waals surface area contributed by atoms with Gasteiger partial charge >= 0.3 is 0 Å². The highest BCUT2D eigenvalue weighted by Gasteiger charge is 2.20. The maximum Gasteiger partial charge on any atom is 0.184 e. The lowest BCUT2D eigenvalue weighted by Gasteiger charge is -2.29. The van der Waals surface area contributed by atoms with Crippen molar-refractivity contribution in [3.8, 4) is 0 Å². The van der Waals surface area contributed by atoms with Crippen molar-refractivity contribution in [2.24, 2.45) is 0 Å². The molecule has 0 radical (unpaired) electrons. The van der Waals surface area contributed by atoms with E-state index in [0.717, 1.165) is 19.7 Å². The molecule has 1 saturated heterocycles. The number of anilines is 1. The average Bonchev–Trinajstić information content (AvgIpc) is 2.73. The fraction of sp³-hybridized carbons (Fsp3) is 0.636. The Morgan fingerprint density at radius 1 is 1.42 bits per heavy atom. The van der Waals surface area contributed by atoms with Crippen LogP contribution in [0.5, 0.6) is 0 Å². The van der Waals surface area contributed by atoms with Gasteiger partial charge in [-0.3, -0.25) is 0 Å². The van der Waals surface area contributed by atoms with E-state index in [4.69, 9.17) is 10.5 Å². The fourth-order valence-corrected chi connectivity index (χ4v) is 2.28. The predicted molar refractivity (Wildman–Crippen MR) is 69.5 cm³/mol. The van der Waals surface area contributed by atoms with Crippen molar-refractivity contribution < 1.29 is 4.74 Å². The fourth-order valence-electron chi connectivity index (χ4n) is 2.28. The molecule has 0 spiro atoms. The smallest absolute Gasteiger partial charge is 0.184 e. The van der Waals surface area contributed by atoms with Gasteiger partial charge in [0, 0.05) is 13.1 Å². The van der Waals surface area contributed by atoms with Gasteiger partial charge in [-0.05, 0) is 14.0 Å². The molecule has 3 rings (SSSR count). The molecule has 1 aliphatic rings. The van der Waals surface area contributed by atoms with Gasteiger partial charge in [-0.25, -0.2) is 14.6 Å². The van der Waals surface area contributed by atoms with Crippen LogP contribution in [-0.4, -0.2) is 62.7 Å². The van der Waals surface area contributed by atoms with Gasteiger partial charge in [0.15, 0.2) is 17.0 Å². The van der Waals surface area contributed by atoms with E-state index in [1.807, 2.05) is 0 Å². The summed E-state index contributed by atoms with van der Waals surface area (Å²) in [6.07, 6.45) is 0.0974. The summed E-state index contributed by atoms with van der Waals surface area (Å²) < 4.78 is 7.47. The van der Waals surface area contributed by atoms with Gasteiger partial charge in [0.2, 0.25) is 0 Å². The molecule has 1 atom stereocenters. The van der Waals surface area contributed by atoms with Crippen LogP contribution in [0.4, 0.5) is 5.82 Å². The molecule has 0 unspecified atom stereocenters. The zero-order valence-corrected chi connectivity index (χ0v) is 11.1. The molecule has 1 fully saturated rings. The summed E-state index contributed by atoms with van der Waals surface area (Å²) >= 11 is 0. The first-order chi connectivity index (χ1) is 9.13. The van der Waals surface area contributed by atoms with Gasteiger partial charge in [0.25, 0.3) is 0 Å². The van der Waals surface area contributed by atoms with Crippen LogP contribution >= 0.6 is 0 Å². The number of likely N-dealkylation sites (N-methyl/N-ethyl adjacent to an activating group) is 1. The van der Waals surface area contributed by atoms with E-state index in [0.29, 0.717) is 29.4 Å². The molecule has 102 valence electrons. The SMILES string of the molecule is Cc1nc(N)c2nnn(C[C@H]3CN(C)CCO3)c2n1. The maximum absolute atomic E-state index is 5.82. The number of aromatic nitrogens is 5. The van der Waals surface area contributed by atoms with Crippen molar-refractivity contribution in [3.63, 3.8) is 0 Å². The van der Waals surface area contributed by atoms with Crippen molar-refractivity contribution in [3.05, 3.63) is 5.82 Å². The quantitative estimate of drug-likeness (QED) is 0.776. The van der Waals surface area contributed by atoms with Gasteiger partial charge < -0.3 is 15.4 Å². The molecule has 2 aromatic heterocycles. The van der Waals surface area contributed by atoms with Crippen molar-refractivity contribution in [1.29, 1.82) is 0 Å². The zero-order valence-electron chi connectivity index (χ0n) is 11.1. The van der Waals surface area contributed by atoms with E-state index in [-0.39, 0.29) is 6.10 Å². The summed E-state index contributed by atoms with van der Waals surface area (Å²) in [5.41, 5.74) is 7.04. The first-order valence-corrected chi connectivity index (χ1v) is 6.27. The molecule has 0 amide bonds. The molecule has 2 N–H and O–H groups in total. The molecule has 0 aromatic carbocycles. The van der Waals surface area contributed by atoms with E-state index < -0.39 is 0 Å². The Hall–Kier alpha value is -1.80. The van der Waals surface area contributed by atoms with Crippen LogP contribution in [0, 0.1) is 6.92 Å².